The summed E-state index contributed by atoms with van der Waals surface area (Å²) in [6.45, 7) is 0. The van der Waals surface area contributed by atoms with Crippen molar-refractivity contribution in [3.05, 3.63) is 63.9 Å². The summed E-state index contributed by atoms with van der Waals surface area (Å²) in [7, 11) is 0. The van der Waals surface area contributed by atoms with Crippen LogP contribution in [0.5, 0.6) is 0 Å². The van der Waals surface area contributed by atoms with E-state index in [1.54, 1.807) is 24.3 Å². The van der Waals surface area contributed by atoms with Crippen molar-refractivity contribution in [1.82, 2.24) is 10.3 Å². The van der Waals surface area contributed by atoms with E-state index in [2.05, 4.69) is 10.3 Å². The van der Waals surface area contributed by atoms with E-state index in [4.69, 9.17) is 28.9 Å². The highest BCUT2D eigenvalue weighted by Crippen LogP contribution is 2.20. The molecule has 0 fully saturated rings. The van der Waals surface area contributed by atoms with Crippen molar-refractivity contribution >= 4 is 35.0 Å². The second-order valence-corrected chi connectivity index (χ2v) is 5.37. The molecular weight excluding hydrogens is 325 g/mol. The van der Waals surface area contributed by atoms with Gasteiger partial charge >= 0.3 is 0 Å². The number of primary amides is 1. The Morgan fingerprint density at radius 2 is 1.82 bits per heavy atom. The molecule has 1 atom stereocenters. The van der Waals surface area contributed by atoms with Crippen LogP contribution in [0.15, 0.2) is 42.5 Å². The minimum atomic E-state index is -0.567. The molecule has 2 rings (SSSR count). The first kappa shape index (κ1) is 16.3. The van der Waals surface area contributed by atoms with Crippen molar-refractivity contribution < 1.29 is 9.59 Å². The predicted molar refractivity (Wildman–Crippen MR) is 84.7 cm³/mol. The van der Waals surface area contributed by atoms with Gasteiger partial charge in [0.05, 0.1) is 17.5 Å². The molecule has 0 unspecified atom stereocenters. The maximum atomic E-state index is 12.3. The van der Waals surface area contributed by atoms with E-state index < -0.39 is 17.9 Å². The number of carbonyl (C=O) groups is 2. The highest BCUT2D eigenvalue weighted by molar-refractivity contribution is 6.34. The zero-order valence-corrected chi connectivity index (χ0v) is 12.9. The van der Waals surface area contributed by atoms with Gasteiger partial charge in [-0.25, -0.2) is 4.98 Å². The minimum absolute atomic E-state index is 0.000400. The summed E-state index contributed by atoms with van der Waals surface area (Å²) in [6.07, 6.45) is -0.0338. The van der Waals surface area contributed by atoms with Crippen LogP contribution < -0.4 is 11.1 Å². The first-order valence-electron chi connectivity index (χ1n) is 6.43. The van der Waals surface area contributed by atoms with Crippen LogP contribution in [-0.2, 0) is 4.79 Å². The fourth-order valence-electron chi connectivity index (χ4n) is 1.94. The fourth-order valence-corrected chi connectivity index (χ4v) is 2.28. The molecule has 0 saturated carbocycles. The SMILES string of the molecule is NC(=O)C[C@H](NC(=O)c1nc(Cl)ccc1Cl)c1ccccc1. The third-order valence-corrected chi connectivity index (χ3v) is 3.46. The lowest BCUT2D eigenvalue weighted by molar-refractivity contribution is -0.118. The lowest BCUT2D eigenvalue weighted by Gasteiger charge is -2.18. The van der Waals surface area contributed by atoms with Crippen molar-refractivity contribution in [2.24, 2.45) is 5.73 Å². The Morgan fingerprint density at radius 1 is 1.14 bits per heavy atom. The smallest absolute Gasteiger partial charge is 0.271 e. The van der Waals surface area contributed by atoms with Crippen molar-refractivity contribution in [3.63, 3.8) is 0 Å². The first-order valence-corrected chi connectivity index (χ1v) is 7.19. The Morgan fingerprint density at radius 3 is 2.45 bits per heavy atom. The third-order valence-electron chi connectivity index (χ3n) is 2.94. The second kappa shape index (κ2) is 7.24. The normalized spacial score (nSPS) is 11.7. The molecule has 114 valence electrons. The molecule has 2 aromatic rings. The standard InChI is InChI=1S/C15H13Cl2N3O2/c16-10-6-7-12(17)20-14(10)15(22)19-11(8-13(18)21)9-4-2-1-3-5-9/h1-7,11H,8H2,(H2,18,21)(H,19,22)/t11-/m0/s1. The van der Waals surface area contributed by atoms with E-state index in [0.717, 1.165) is 5.56 Å². The summed E-state index contributed by atoms with van der Waals surface area (Å²) < 4.78 is 0. The van der Waals surface area contributed by atoms with Crippen molar-refractivity contribution in [2.45, 2.75) is 12.5 Å². The Hall–Kier alpha value is -2.11. The van der Waals surface area contributed by atoms with Crippen molar-refractivity contribution in [1.29, 1.82) is 0 Å². The number of carbonyl (C=O) groups excluding carboxylic acids is 2. The molecule has 5 nitrogen and oxygen atoms in total. The summed E-state index contributed by atoms with van der Waals surface area (Å²) in [5, 5.41) is 3.03. The van der Waals surface area contributed by atoms with Gasteiger partial charge < -0.3 is 11.1 Å². The van der Waals surface area contributed by atoms with Crippen molar-refractivity contribution in [3.8, 4) is 0 Å². The molecule has 3 N–H and O–H groups in total. The number of amides is 2. The van der Waals surface area contributed by atoms with E-state index in [9.17, 15) is 9.59 Å². The van der Waals surface area contributed by atoms with Gasteiger partial charge in [-0.05, 0) is 17.7 Å². The second-order valence-electron chi connectivity index (χ2n) is 4.57. The van der Waals surface area contributed by atoms with Gasteiger partial charge in [0.1, 0.15) is 10.8 Å². The number of aromatic nitrogens is 1. The van der Waals surface area contributed by atoms with E-state index in [-0.39, 0.29) is 22.3 Å². The molecule has 0 spiro atoms. The van der Waals surface area contributed by atoms with Crippen LogP contribution in [0.3, 0.4) is 0 Å². The number of nitrogens with zero attached hydrogens (tertiary/aromatic N) is 1. The number of nitrogens with two attached hydrogens (primary N) is 1. The first-order chi connectivity index (χ1) is 10.5. The molecule has 1 heterocycles. The van der Waals surface area contributed by atoms with Gasteiger partial charge in [-0.1, -0.05) is 53.5 Å². The lowest BCUT2D eigenvalue weighted by Crippen LogP contribution is -2.32. The van der Waals surface area contributed by atoms with Crippen LogP contribution >= 0.6 is 23.2 Å². The molecule has 1 aromatic heterocycles. The van der Waals surface area contributed by atoms with Crippen LogP contribution in [0, 0.1) is 0 Å². The molecule has 0 bridgehead atoms. The van der Waals surface area contributed by atoms with E-state index in [1.165, 1.54) is 12.1 Å². The average molecular weight is 338 g/mol. The number of benzene rings is 1. The molecule has 0 aliphatic carbocycles. The number of halogens is 2. The lowest BCUT2D eigenvalue weighted by atomic mass is 10.0. The Bertz CT molecular complexity index is 692. The summed E-state index contributed by atoms with van der Waals surface area (Å²) in [4.78, 5) is 27.4. The van der Waals surface area contributed by atoms with Gasteiger partial charge in [-0.2, -0.15) is 0 Å². The number of hydrogen-bond donors (Lipinski definition) is 2. The van der Waals surface area contributed by atoms with Crippen LogP contribution in [0.1, 0.15) is 28.5 Å². The highest BCUT2D eigenvalue weighted by atomic mass is 35.5. The van der Waals surface area contributed by atoms with E-state index >= 15 is 0 Å². The van der Waals surface area contributed by atoms with Crippen LogP contribution in [-0.4, -0.2) is 16.8 Å². The van der Waals surface area contributed by atoms with Gasteiger partial charge in [0.15, 0.2) is 0 Å². The third kappa shape index (κ3) is 4.19. The van der Waals surface area contributed by atoms with Crippen molar-refractivity contribution in [2.75, 3.05) is 0 Å². The molecule has 7 heteroatoms. The van der Waals surface area contributed by atoms with E-state index in [0.29, 0.717) is 0 Å². The average Bonchev–Trinajstić information content (AvgIpc) is 2.49. The highest BCUT2D eigenvalue weighted by Gasteiger charge is 2.20. The number of rotatable bonds is 5. The summed E-state index contributed by atoms with van der Waals surface area (Å²) in [5.41, 5.74) is 6.00. The van der Waals surface area contributed by atoms with Crippen LogP contribution in [0.4, 0.5) is 0 Å². The Balaban J connectivity index is 2.25. The van der Waals surface area contributed by atoms with Gasteiger partial charge in [-0.15, -0.1) is 0 Å². The fraction of sp³-hybridized carbons (Fsp3) is 0.133. The number of hydrogen-bond acceptors (Lipinski definition) is 3. The summed E-state index contributed by atoms with van der Waals surface area (Å²) >= 11 is 11.7. The summed E-state index contributed by atoms with van der Waals surface area (Å²) in [6, 6.07) is 11.4. The van der Waals surface area contributed by atoms with Gasteiger partial charge in [0.2, 0.25) is 5.91 Å². The molecule has 1 aromatic carbocycles. The maximum absolute atomic E-state index is 12.3. The molecule has 0 saturated heterocycles. The predicted octanol–water partition coefficient (Wildman–Crippen LogP) is 2.73. The monoisotopic (exact) mass is 337 g/mol. The number of nitrogens with one attached hydrogen (secondary N) is 1. The Kier molecular flexibility index (Phi) is 5.35. The van der Waals surface area contributed by atoms with Crippen LogP contribution in [0.2, 0.25) is 10.2 Å². The van der Waals surface area contributed by atoms with Gasteiger partial charge in [0, 0.05) is 0 Å². The molecule has 0 aliphatic rings. The zero-order chi connectivity index (χ0) is 16.1. The maximum Gasteiger partial charge on any atom is 0.271 e. The molecule has 0 radical (unpaired) electrons. The van der Waals surface area contributed by atoms with Crippen LogP contribution in [0.25, 0.3) is 0 Å². The molecule has 0 aliphatic heterocycles. The summed E-state index contributed by atoms with van der Waals surface area (Å²) in [5.74, 6) is -1.05. The molecule has 2 amide bonds. The van der Waals surface area contributed by atoms with Gasteiger partial charge in [0.25, 0.3) is 5.91 Å². The largest absolute Gasteiger partial charge is 0.370 e. The zero-order valence-electron chi connectivity index (χ0n) is 11.4. The van der Waals surface area contributed by atoms with E-state index in [1.807, 2.05) is 6.07 Å². The number of pyridine rings is 1. The minimum Gasteiger partial charge on any atom is -0.370 e. The topological polar surface area (TPSA) is 85.1 Å². The molecule has 22 heavy (non-hydrogen) atoms. The Labute approximate surface area is 137 Å². The quantitative estimate of drug-likeness (QED) is 0.822. The molecular formula is C15H13Cl2N3O2. The van der Waals surface area contributed by atoms with Gasteiger partial charge in [-0.3, -0.25) is 9.59 Å².